The summed E-state index contributed by atoms with van der Waals surface area (Å²) in [5, 5.41) is 13.2. The van der Waals surface area contributed by atoms with Gasteiger partial charge < -0.3 is 27.5 Å². The lowest BCUT2D eigenvalue weighted by atomic mass is 10.0. The largest absolute Gasteiger partial charge is 0.371 e. The SMILES string of the molecule is CC(=N)/C=C(\S)Nc1cc(N[C@H](Cc2ccc(S(C)(=O)=O)cc2)C(N)=O)c(F)cc1C(N)=O. The molecule has 2 aromatic carbocycles. The maximum Gasteiger partial charge on any atom is 0.250 e. The molecule has 9 nitrogen and oxygen atoms in total. The molecule has 33 heavy (non-hydrogen) atoms. The van der Waals surface area contributed by atoms with Gasteiger partial charge in [0.25, 0.3) is 5.91 Å². The Morgan fingerprint density at radius 3 is 2.27 bits per heavy atom. The van der Waals surface area contributed by atoms with E-state index in [2.05, 4.69) is 23.3 Å². The predicted molar refractivity (Wildman–Crippen MR) is 129 cm³/mol. The molecular weight excluding hydrogens is 469 g/mol. The van der Waals surface area contributed by atoms with Crippen molar-refractivity contribution < 1.29 is 22.4 Å². The van der Waals surface area contributed by atoms with Crippen LogP contribution >= 0.6 is 12.6 Å². The number of benzene rings is 2. The van der Waals surface area contributed by atoms with E-state index in [1.54, 1.807) is 0 Å². The van der Waals surface area contributed by atoms with Crippen LogP contribution < -0.4 is 22.1 Å². The summed E-state index contributed by atoms with van der Waals surface area (Å²) in [6.45, 7) is 1.52. The van der Waals surface area contributed by atoms with Crippen LogP contribution in [0.25, 0.3) is 0 Å². The Balaban J connectivity index is 2.36. The topological polar surface area (TPSA) is 168 Å². The number of primary amides is 2. The Morgan fingerprint density at radius 2 is 1.79 bits per heavy atom. The second-order valence-electron chi connectivity index (χ2n) is 7.30. The van der Waals surface area contributed by atoms with Gasteiger partial charge in [-0.1, -0.05) is 12.1 Å². The van der Waals surface area contributed by atoms with E-state index in [0.717, 1.165) is 12.3 Å². The van der Waals surface area contributed by atoms with Crippen LogP contribution in [0.1, 0.15) is 22.8 Å². The van der Waals surface area contributed by atoms with Gasteiger partial charge in [0.05, 0.1) is 26.9 Å². The molecule has 0 saturated heterocycles. The second-order valence-corrected chi connectivity index (χ2v) is 9.80. The van der Waals surface area contributed by atoms with Crippen LogP contribution in [-0.4, -0.2) is 38.2 Å². The van der Waals surface area contributed by atoms with Gasteiger partial charge in [-0.2, -0.15) is 0 Å². The number of hydrogen-bond acceptors (Lipinski definition) is 8. The number of carbonyl (C=O) groups excluding carboxylic acids is 2. The molecule has 1 atom stereocenters. The molecule has 0 bridgehead atoms. The van der Waals surface area contributed by atoms with Gasteiger partial charge in [0, 0.05) is 18.4 Å². The number of amides is 2. The fourth-order valence-electron chi connectivity index (χ4n) is 2.89. The molecule has 0 saturated carbocycles. The summed E-state index contributed by atoms with van der Waals surface area (Å²) in [4.78, 5) is 23.9. The quantitative estimate of drug-likeness (QED) is 0.219. The number of halogens is 1. The lowest BCUT2D eigenvalue weighted by Crippen LogP contribution is -2.37. The van der Waals surface area contributed by atoms with Gasteiger partial charge in [0.2, 0.25) is 5.91 Å². The van der Waals surface area contributed by atoms with E-state index in [1.807, 2.05) is 0 Å². The van der Waals surface area contributed by atoms with Crippen molar-refractivity contribution in [2.24, 2.45) is 11.5 Å². The first-order chi connectivity index (χ1) is 15.3. The molecule has 2 amide bonds. The number of thiol groups is 1. The number of allylic oxidation sites excluding steroid dienone is 1. The molecule has 0 heterocycles. The van der Waals surface area contributed by atoms with Crippen molar-refractivity contribution in [1.29, 1.82) is 5.41 Å². The number of sulfone groups is 1. The van der Waals surface area contributed by atoms with Crippen LogP contribution in [0.5, 0.6) is 0 Å². The van der Waals surface area contributed by atoms with Gasteiger partial charge in [-0.3, -0.25) is 9.59 Å². The minimum absolute atomic E-state index is 0.0455. The third-order valence-corrected chi connectivity index (χ3v) is 5.82. The second kappa shape index (κ2) is 10.5. The monoisotopic (exact) mass is 493 g/mol. The summed E-state index contributed by atoms with van der Waals surface area (Å²) in [6, 6.07) is 6.96. The van der Waals surface area contributed by atoms with Crippen LogP contribution in [0.15, 0.2) is 52.4 Å². The molecule has 0 unspecified atom stereocenters. The molecule has 0 fully saturated rings. The molecule has 0 aliphatic heterocycles. The highest BCUT2D eigenvalue weighted by atomic mass is 32.2. The van der Waals surface area contributed by atoms with E-state index < -0.39 is 33.5 Å². The molecule has 0 aliphatic rings. The first-order valence-electron chi connectivity index (χ1n) is 9.49. The van der Waals surface area contributed by atoms with Crippen molar-refractivity contribution >= 4 is 51.4 Å². The van der Waals surface area contributed by atoms with Crippen molar-refractivity contribution in [1.82, 2.24) is 0 Å². The molecule has 2 aromatic rings. The minimum Gasteiger partial charge on any atom is -0.371 e. The van der Waals surface area contributed by atoms with Crippen molar-refractivity contribution in [3.63, 3.8) is 0 Å². The van der Waals surface area contributed by atoms with E-state index in [-0.39, 0.29) is 39.0 Å². The third-order valence-electron chi connectivity index (χ3n) is 4.45. The molecule has 2 rings (SSSR count). The van der Waals surface area contributed by atoms with Gasteiger partial charge in [-0.25, -0.2) is 12.8 Å². The van der Waals surface area contributed by atoms with Crippen molar-refractivity contribution in [3.8, 4) is 0 Å². The van der Waals surface area contributed by atoms with E-state index in [0.29, 0.717) is 5.56 Å². The van der Waals surface area contributed by atoms with E-state index in [1.165, 1.54) is 43.3 Å². The Kier molecular flexibility index (Phi) is 8.23. The third kappa shape index (κ3) is 7.32. The molecule has 12 heteroatoms. The summed E-state index contributed by atoms with van der Waals surface area (Å²) in [7, 11) is -3.38. The van der Waals surface area contributed by atoms with Gasteiger partial charge in [0.1, 0.15) is 11.9 Å². The standard InChI is InChI=1S/C21H24FN5O4S2/c1-11(23)7-19(32)27-16-10-17(15(22)9-14(16)20(24)28)26-18(21(25)29)8-12-3-5-13(6-4-12)33(2,30)31/h3-7,9-10,18,23,26-27,32H,8H2,1-2H3,(H2,24,28)(H2,25,29)/b19-7-,23-11?/t18-/m1/s1. The fourth-order valence-corrected chi connectivity index (χ4v) is 3.83. The zero-order valence-electron chi connectivity index (χ0n) is 17.8. The Hall–Kier alpha value is -3.38. The molecule has 0 radical (unpaired) electrons. The van der Waals surface area contributed by atoms with Crippen LogP contribution in [0, 0.1) is 11.2 Å². The molecule has 0 spiro atoms. The zero-order valence-corrected chi connectivity index (χ0v) is 19.6. The number of nitrogens with two attached hydrogens (primary N) is 2. The van der Waals surface area contributed by atoms with Gasteiger partial charge >= 0.3 is 0 Å². The number of hydrogen-bond donors (Lipinski definition) is 6. The smallest absolute Gasteiger partial charge is 0.250 e. The lowest BCUT2D eigenvalue weighted by molar-refractivity contribution is -0.118. The van der Waals surface area contributed by atoms with Crippen LogP contribution in [0.3, 0.4) is 0 Å². The predicted octanol–water partition coefficient (Wildman–Crippen LogP) is 2.06. The molecule has 7 N–H and O–H groups in total. The summed E-state index contributed by atoms with van der Waals surface area (Å²) >= 11 is 4.18. The Labute approximate surface area is 196 Å². The van der Waals surface area contributed by atoms with Crippen LogP contribution in [-0.2, 0) is 21.1 Å². The maximum atomic E-state index is 14.7. The van der Waals surface area contributed by atoms with E-state index in [9.17, 15) is 22.4 Å². The number of carbonyl (C=O) groups is 2. The van der Waals surface area contributed by atoms with Gasteiger partial charge in [0.15, 0.2) is 9.84 Å². The van der Waals surface area contributed by atoms with Crippen LogP contribution in [0.4, 0.5) is 15.8 Å². The average molecular weight is 494 g/mol. The molecule has 0 aromatic heterocycles. The minimum atomic E-state index is -3.38. The summed E-state index contributed by atoms with van der Waals surface area (Å²) in [6.07, 6.45) is 2.50. The Bertz CT molecular complexity index is 1230. The molecular formula is C21H24FN5O4S2. The zero-order chi connectivity index (χ0) is 24.9. The van der Waals surface area contributed by atoms with E-state index >= 15 is 0 Å². The highest BCUT2D eigenvalue weighted by Crippen LogP contribution is 2.27. The van der Waals surface area contributed by atoms with Crippen molar-refractivity contribution in [2.45, 2.75) is 24.3 Å². The number of rotatable bonds is 10. The highest BCUT2D eigenvalue weighted by molar-refractivity contribution is 7.90. The summed E-state index contributed by atoms with van der Waals surface area (Å²) < 4.78 is 37.9. The Morgan fingerprint density at radius 1 is 1.18 bits per heavy atom. The first-order valence-corrected chi connectivity index (χ1v) is 11.8. The maximum absolute atomic E-state index is 14.7. The number of anilines is 2. The van der Waals surface area contributed by atoms with E-state index in [4.69, 9.17) is 16.9 Å². The first kappa shape index (κ1) is 25.9. The molecule has 0 aliphatic carbocycles. The highest BCUT2D eigenvalue weighted by Gasteiger charge is 2.21. The van der Waals surface area contributed by atoms with Gasteiger partial charge in [-0.15, -0.1) is 12.6 Å². The van der Waals surface area contributed by atoms with Gasteiger partial charge in [-0.05, 0) is 42.8 Å². The average Bonchev–Trinajstić information content (AvgIpc) is 2.68. The summed E-state index contributed by atoms with van der Waals surface area (Å²) in [5.41, 5.74) is 11.4. The lowest BCUT2D eigenvalue weighted by Gasteiger charge is -2.19. The normalized spacial score (nSPS) is 12.7. The van der Waals surface area contributed by atoms with Crippen LogP contribution in [0.2, 0.25) is 0 Å². The summed E-state index contributed by atoms with van der Waals surface area (Å²) in [5.74, 6) is -2.52. The van der Waals surface area contributed by atoms with Crippen molar-refractivity contribution in [3.05, 3.63) is 64.4 Å². The molecule has 176 valence electrons. The van der Waals surface area contributed by atoms with Crippen molar-refractivity contribution in [2.75, 3.05) is 16.9 Å². The number of nitrogens with one attached hydrogen (secondary N) is 3. The fraction of sp³-hybridized carbons (Fsp3) is 0.190.